The Morgan fingerprint density at radius 3 is 0.565 bits per heavy atom. The number of aliphatic carboxylic acids is 3. The maximum absolute atomic E-state index is 10.5. The van der Waals surface area contributed by atoms with E-state index < -0.39 is 36.4 Å². The molecule has 0 aliphatic rings. The standard InChI is InChI=1S/3C2HF3O2.Eu.H2O/c3*3-2(4,5)1(6)7;;/h3*(H,6,7);;1H2/q;;;+3;/p-3. The van der Waals surface area contributed by atoms with E-state index in [4.69, 9.17) is 29.7 Å². The molecule has 138 valence electrons. The summed E-state index contributed by atoms with van der Waals surface area (Å²) in [6.07, 6.45) is -15.6. The minimum absolute atomic E-state index is 0. The van der Waals surface area contributed by atoms with E-state index in [2.05, 4.69) is 0 Å². The van der Waals surface area contributed by atoms with Crippen LogP contribution in [0.15, 0.2) is 0 Å². The van der Waals surface area contributed by atoms with Crippen molar-refractivity contribution in [2.24, 2.45) is 0 Å². The molecule has 0 heterocycles. The summed E-state index contributed by atoms with van der Waals surface area (Å²) in [4.78, 5) is 26.4. The number of carboxylic acids is 3. The Kier molecular flexibility index (Phi) is 18.7. The van der Waals surface area contributed by atoms with Crippen molar-refractivity contribution >= 4 is 17.9 Å². The third-order valence-corrected chi connectivity index (χ3v) is 0.694. The van der Waals surface area contributed by atoms with Crippen LogP contribution in [0.5, 0.6) is 0 Å². The Morgan fingerprint density at radius 2 is 0.565 bits per heavy atom. The van der Waals surface area contributed by atoms with E-state index in [-0.39, 0.29) is 54.9 Å². The zero-order valence-corrected chi connectivity index (χ0v) is 12.2. The van der Waals surface area contributed by atoms with Gasteiger partial charge in [-0.15, -0.1) is 0 Å². The summed E-state index contributed by atoms with van der Waals surface area (Å²) in [6, 6.07) is 0. The molecule has 0 radical (unpaired) electrons. The maximum Gasteiger partial charge on any atom is 3.00 e. The Bertz CT molecular complexity index is 315. The third kappa shape index (κ3) is 26.5. The van der Waals surface area contributed by atoms with Crippen LogP contribution in [-0.4, -0.2) is 41.9 Å². The second kappa shape index (κ2) is 12.7. The number of hydrogen-bond acceptors (Lipinski definition) is 6. The average Bonchev–Trinajstić information content (AvgIpc) is 2.14. The van der Waals surface area contributed by atoms with Crippen LogP contribution < -0.4 is 15.3 Å². The van der Waals surface area contributed by atoms with Gasteiger partial charge in [-0.3, -0.25) is 0 Å². The molecule has 2 N–H and O–H groups in total. The molecule has 0 saturated heterocycles. The van der Waals surface area contributed by atoms with Gasteiger partial charge in [0.25, 0.3) is 0 Å². The first-order valence-corrected chi connectivity index (χ1v) is 3.68. The number of alkyl halides is 9. The van der Waals surface area contributed by atoms with Crippen molar-refractivity contribution in [2.45, 2.75) is 18.5 Å². The number of hydrogen-bond donors (Lipinski definition) is 0. The van der Waals surface area contributed by atoms with Crippen LogP contribution in [0.25, 0.3) is 0 Å². The quantitative estimate of drug-likeness (QED) is 0.319. The number of halogens is 9. The third-order valence-electron chi connectivity index (χ3n) is 0.694. The van der Waals surface area contributed by atoms with Crippen molar-refractivity contribution in [3.05, 3.63) is 0 Å². The molecule has 0 unspecified atom stereocenters. The Morgan fingerprint density at radius 1 is 0.522 bits per heavy atom. The Labute approximate surface area is 159 Å². The molecule has 0 aromatic carbocycles. The van der Waals surface area contributed by atoms with E-state index in [0.717, 1.165) is 0 Å². The van der Waals surface area contributed by atoms with Crippen molar-refractivity contribution in [3.63, 3.8) is 0 Å². The predicted octanol–water partition coefficient (Wildman–Crippen LogP) is -2.93. The summed E-state index contributed by atoms with van der Waals surface area (Å²) in [5.74, 6) is -9.02. The van der Waals surface area contributed by atoms with Crippen LogP contribution in [0.1, 0.15) is 0 Å². The van der Waals surface area contributed by atoms with Gasteiger partial charge < -0.3 is 35.2 Å². The number of rotatable bonds is 0. The molecule has 0 amide bonds. The van der Waals surface area contributed by atoms with E-state index in [1.165, 1.54) is 0 Å². The summed E-state index contributed by atoms with van der Waals surface area (Å²) in [6.45, 7) is 0. The molecule has 23 heavy (non-hydrogen) atoms. The van der Waals surface area contributed by atoms with Crippen LogP contribution in [-0.2, 0) is 14.4 Å². The summed E-state index contributed by atoms with van der Waals surface area (Å²) >= 11 is 0. The number of carbonyl (C=O) groups excluding carboxylic acids is 3. The van der Waals surface area contributed by atoms with Gasteiger partial charge in [0.15, 0.2) is 0 Å². The first-order valence-electron chi connectivity index (χ1n) is 3.68. The van der Waals surface area contributed by atoms with Crippen molar-refractivity contribution in [3.8, 4) is 0 Å². The fraction of sp³-hybridized carbons (Fsp3) is 0.500. The number of carbonyl (C=O) groups is 3. The summed E-state index contributed by atoms with van der Waals surface area (Å²) < 4.78 is 94.6. The molecule has 0 aromatic heterocycles. The fourth-order valence-corrected chi connectivity index (χ4v) is 0. The first kappa shape index (κ1) is 33.8. The van der Waals surface area contributed by atoms with Gasteiger partial charge in [0.1, 0.15) is 17.9 Å². The van der Waals surface area contributed by atoms with E-state index in [0.29, 0.717) is 0 Å². The van der Waals surface area contributed by atoms with Crippen LogP contribution in [0.2, 0.25) is 0 Å². The van der Waals surface area contributed by atoms with Crippen LogP contribution in [0.3, 0.4) is 0 Å². The summed E-state index contributed by atoms with van der Waals surface area (Å²) in [5, 5.41) is 26.4. The number of carboxylic acid groups (broad SMARTS) is 3. The Hall–Kier alpha value is -0.676. The van der Waals surface area contributed by atoms with Gasteiger partial charge in [-0.05, 0) is 0 Å². The van der Waals surface area contributed by atoms with Gasteiger partial charge in [0.2, 0.25) is 0 Å². The molecule has 0 atom stereocenters. The van der Waals surface area contributed by atoms with Crippen molar-refractivity contribution in [1.29, 1.82) is 0 Å². The van der Waals surface area contributed by atoms with Gasteiger partial charge in [-0.25, -0.2) is 0 Å². The molecule has 17 heteroatoms. The van der Waals surface area contributed by atoms with Crippen molar-refractivity contribution in [2.75, 3.05) is 0 Å². The van der Waals surface area contributed by atoms with Crippen LogP contribution >= 0.6 is 0 Å². The summed E-state index contributed by atoms with van der Waals surface area (Å²) in [5.41, 5.74) is 0. The zero-order valence-electron chi connectivity index (χ0n) is 9.73. The molecule has 0 rings (SSSR count). The largest absolute Gasteiger partial charge is 3.00 e. The Balaban J connectivity index is -0.0000000675. The van der Waals surface area contributed by atoms with Gasteiger partial charge in [0, 0.05) is 0 Å². The molecular weight excluding hydrogens is 507 g/mol. The minimum atomic E-state index is -5.19. The molecule has 0 bridgehead atoms. The minimum Gasteiger partial charge on any atom is -0.542 e. The predicted molar refractivity (Wildman–Crippen MR) is 36.8 cm³/mol. The van der Waals surface area contributed by atoms with Crippen LogP contribution in [0.4, 0.5) is 39.5 Å². The summed E-state index contributed by atoms with van der Waals surface area (Å²) in [7, 11) is 0. The van der Waals surface area contributed by atoms with E-state index in [9.17, 15) is 39.5 Å². The van der Waals surface area contributed by atoms with E-state index in [1.807, 2.05) is 0 Å². The van der Waals surface area contributed by atoms with Gasteiger partial charge in [-0.1, -0.05) is 0 Å². The molecule has 0 spiro atoms. The topological polar surface area (TPSA) is 152 Å². The van der Waals surface area contributed by atoms with Crippen molar-refractivity contribution in [1.82, 2.24) is 0 Å². The normalized spacial score (nSPS) is 10.3. The van der Waals surface area contributed by atoms with Gasteiger partial charge >= 0.3 is 67.9 Å². The molecular formula is C6H2EuF9O7. The second-order valence-electron chi connectivity index (χ2n) is 2.36. The molecule has 7 nitrogen and oxygen atoms in total. The molecule has 0 aromatic rings. The molecule has 0 fully saturated rings. The van der Waals surface area contributed by atoms with Gasteiger partial charge in [-0.2, -0.15) is 39.5 Å². The fourth-order valence-electron chi connectivity index (χ4n) is 0. The SMILES string of the molecule is O.O=C([O-])C(F)(F)F.O=C([O-])C(F)(F)F.O=C([O-])C(F)(F)F.[Eu+3]. The van der Waals surface area contributed by atoms with Crippen LogP contribution in [0, 0.1) is 49.4 Å². The molecule has 0 aliphatic carbocycles. The van der Waals surface area contributed by atoms with E-state index in [1.54, 1.807) is 0 Å². The zero-order chi connectivity index (χ0) is 18.2. The van der Waals surface area contributed by atoms with Crippen molar-refractivity contribution < 1.29 is 124 Å². The van der Waals surface area contributed by atoms with Gasteiger partial charge in [0.05, 0.1) is 0 Å². The average molecular weight is 509 g/mol. The smallest absolute Gasteiger partial charge is 0.542 e. The molecule has 0 saturated carbocycles. The second-order valence-corrected chi connectivity index (χ2v) is 2.36. The maximum atomic E-state index is 10.5. The monoisotopic (exact) mass is 510 g/mol. The molecule has 0 aliphatic heterocycles. The van der Waals surface area contributed by atoms with E-state index >= 15 is 0 Å². The first-order chi connectivity index (χ1) is 8.83.